The van der Waals surface area contributed by atoms with Crippen molar-refractivity contribution >= 4 is 12.6 Å². The van der Waals surface area contributed by atoms with Gasteiger partial charge in [0.2, 0.25) is 0 Å². The van der Waals surface area contributed by atoms with Gasteiger partial charge in [0.1, 0.15) is 0 Å². The predicted octanol–water partition coefficient (Wildman–Crippen LogP) is 4.74. The minimum absolute atomic E-state index is 0.156. The fourth-order valence-electron chi connectivity index (χ4n) is 2.83. The Bertz CT molecular complexity index is 615. The maximum Gasteiger partial charge on any atom is 0.0418 e. The lowest BCUT2D eigenvalue weighted by molar-refractivity contribution is 0.825. The Hall–Kier alpha value is -1.35. The summed E-state index contributed by atoms with van der Waals surface area (Å²) in [7, 11) is 0. The van der Waals surface area contributed by atoms with Crippen LogP contribution in [0.15, 0.2) is 24.5 Å². The molecular formula is C18H24N2S. The molecule has 21 heavy (non-hydrogen) atoms. The van der Waals surface area contributed by atoms with Gasteiger partial charge in [-0.2, -0.15) is 12.6 Å². The predicted molar refractivity (Wildman–Crippen MR) is 92.2 cm³/mol. The summed E-state index contributed by atoms with van der Waals surface area (Å²) in [5.41, 5.74) is 7.26. The second-order valence-electron chi connectivity index (χ2n) is 6.02. The highest BCUT2D eigenvalue weighted by atomic mass is 32.1. The molecule has 0 radical (unpaired) electrons. The first-order chi connectivity index (χ1) is 9.90. The third kappa shape index (κ3) is 3.65. The summed E-state index contributed by atoms with van der Waals surface area (Å²) in [6.07, 6.45) is 4.72. The molecule has 1 unspecified atom stereocenters. The zero-order valence-electron chi connectivity index (χ0n) is 13.5. The van der Waals surface area contributed by atoms with Crippen LogP contribution in [0, 0.1) is 20.8 Å². The van der Waals surface area contributed by atoms with Crippen LogP contribution < -0.4 is 0 Å². The van der Waals surface area contributed by atoms with E-state index in [1.165, 1.54) is 22.3 Å². The Morgan fingerprint density at radius 2 is 1.81 bits per heavy atom. The standard InChI is InChI=1S/C18H24N2S/c1-11(2)16-8-15(10-20-13(16)4)9-17(21)18-12(3)6-7-19-14(18)5/h6-8,10-11,17,21H,9H2,1-5H3. The van der Waals surface area contributed by atoms with Crippen molar-refractivity contribution in [3.8, 4) is 0 Å². The van der Waals surface area contributed by atoms with E-state index in [-0.39, 0.29) is 5.25 Å². The van der Waals surface area contributed by atoms with Crippen molar-refractivity contribution in [1.29, 1.82) is 0 Å². The maximum absolute atomic E-state index is 4.81. The summed E-state index contributed by atoms with van der Waals surface area (Å²) in [6, 6.07) is 4.33. The first kappa shape index (κ1) is 16.0. The van der Waals surface area contributed by atoms with Crippen LogP contribution in [-0.4, -0.2) is 9.97 Å². The molecule has 0 fully saturated rings. The first-order valence-electron chi connectivity index (χ1n) is 7.45. The highest BCUT2D eigenvalue weighted by molar-refractivity contribution is 7.80. The van der Waals surface area contributed by atoms with Crippen LogP contribution in [0.5, 0.6) is 0 Å². The summed E-state index contributed by atoms with van der Waals surface area (Å²) < 4.78 is 0. The van der Waals surface area contributed by atoms with E-state index >= 15 is 0 Å². The summed E-state index contributed by atoms with van der Waals surface area (Å²) in [6.45, 7) is 10.7. The number of thiol groups is 1. The van der Waals surface area contributed by atoms with Gasteiger partial charge >= 0.3 is 0 Å². The van der Waals surface area contributed by atoms with Crippen molar-refractivity contribution in [1.82, 2.24) is 9.97 Å². The number of aryl methyl sites for hydroxylation is 3. The van der Waals surface area contributed by atoms with Gasteiger partial charge in [-0.15, -0.1) is 0 Å². The molecule has 0 bridgehead atoms. The molecule has 2 nitrogen and oxygen atoms in total. The van der Waals surface area contributed by atoms with Crippen molar-refractivity contribution in [3.63, 3.8) is 0 Å². The average molecular weight is 300 g/mol. The van der Waals surface area contributed by atoms with E-state index in [0.29, 0.717) is 5.92 Å². The lowest BCUT2D eigenvalue weighted by Crippen LogP contribution is -2.05. The Morgan fingerprint density at radius 3 is 2.43 bits per heavy atom. The van der Waals surface area contributed by atoms with E-state index < -0.39 is 0 Å². The van der Waals surface area contributed by atoms with Crippen molar-refractivity contribution in [3.05, 3.63) is 58.2 Å². The molecule has 2 rings (SSSR count). The van der Waals surface area contributed by atoms with Gasteiger partial charge in [0.05, 0.1) is 0 Å². The summed E-state index contributed by atoms with van der Waals surface area (Å²) in [4.78, 5) is 8.94. The zero-order valence-corrected chi connectivity index (χ0v) is 14.4. The van der Waals surface area contributed by atoms with Crippen molar-refractivity contribution in [2.75, 3.05) is 0 Å². The molecule has 1 atom stereocenters. The Labute approximate surface area is 133 Å². The van der Waals surface area contributed by atoms with Gasteiger partial charge < -0.3 is 0 Å². The molecular weight excluding hydrogens is 276 g/mol. The van der Waals surface area contributed by atoms with Gasteiger partial charge in [-0.25, -0.2) is 0 Å². The molecule has 0 saturated carbocycles. The van der Waals surface area contributed by atoms with Gasteiger partial charge in [-0.1, -0.05) is 19.9 Å². The topological polar surface area (TPSA) is 25.8 Å². The average Bonchev–Trinajstić information content (AvgIpc) is 2.40. The third-order valence-electron chi connectivity index (χ3n) is 3.97. The molecule has 0 amide bonds. The first-order valence-corrected chi connectivity index (χ1v) is 7.97. The van der Waals surface area contributed by atoms with Crippen molar-refractivity contribution < 1.29 is 0 Å². The fourth-order valence-corrected chi connectivity index (χ4v) is 3.43. The fraction of sp³-hybridized carbons (Fsp3) is 0.444. The minimum atomic E-state index is 0.156. The number of nitrogens with zero attached hydrogens (tertiary/aromatic N) is 2. The number of pyridine rings is 2. The molecule has 0 aliphatic heterocycles. The second kappa shape index (κ2) is 6.61. The molecule has 0 saturated heterocycles. The van der Waals surface area contributed by atoms with Crippen LogP contribution in [0.25, 0.3) is 0 Å². The number of hydrogen-bond donors (Lipinski definition) is 1. The number of rotatable bonds is 4. The van der Waals surface area contributed by atoms with E-state index in [9.17, 15) is 0 Å². The molecule has 112 valence electrons. The number of hydrogen-bond acceptors (Lipinski definition) is 3. The number of aromatic nitrogens is 2. The lowest BCUT2D eigenvalue weighted by atomic mass is 9.96. The van der Waals surface area contributed by atoms with E-state index in [4.69, 9.17) is 12.6 Å². The maximum atomic E-state index is 4.81. The normalized spacial score (nSPS) is 12.7. The van der Waals surface area contributed by atoms with E-state index in [1.54, 1.807) is 0 Å². The zero-order chi connectivity index (χ0) is 15.6. The smallest absolute Gasteiger partial charge is 0.0418 e. The van der Waals surface area contributed by atoms with Crippen LogP contribution in [0.2, 0.25) is 0 Å². The van der Waals surface area contributed by atoms with Crippen LogP contribution >= 0.6 is 12.6 Å². The monoisotopic (exact) mass is 300 g/mol. The Balaban J connectivity index is 2.28. The third-order valence-corrected chi connectivity index (χ3v) is 4.42. The molecule has 2 aromatic heterocycles. The summed E-state index contributed by atoms with van der Waals surface area (Å²) in [5, 5.41) is 0.156. The van der Waals surface area contributed by atoms with Gasteiger partial charge in [-0.05, 0) is 61.4 Å². The van der Waals surface area contributed by atoms with Crippen LogP contribution in [-0.2, 0) is 6.42 Å². The van der Waals surface area contributed by atoms with E-state index in [0.717, 1.165) is 17.8 Å². The highest BCUT2D eigenvalue weighted by Crippen LogP contribution is 2.30. The second-order valence-corrected chi connectivity index (χ2v) is 6.64. The van der Waals surface area contributed by atoms with Crippen molar-refractivity contribution in [2.45, 2.75) is 52.2 Å². The van der Waals surface area contributed by atoms with Gasteiger partial charge in [0, 0.05) is 29.0 Å². The van der Waals surface area contributed by atoms with Gasteiger partial charge in [0.25, 0.3) is 0 Å². The van der Waals surface area contributed by atoms with Gasteiger partial charge in [0.15, 0.2) is 0 Å². The molecule has 3 heteroatoms. The largest absolute Gasteiger partial charge is 0.261 e. The molecule has 0 aromatic carbocycles. The van der Waals surface area contributed by atoms with E-state index in [2.05, 4.69) is 56.7 Å². The lowest BCUT2D eigenvalue weighted by Gasteiger charge is -2.17. The molecule has 0 N–H and O–H groups in total. The molecule has 2 aromatic rings. The van der Waals surface area contributed by atoms with Crippen LogP contribution in [0.3, 0.4) is 0 Å². The minimum Gasteiger partial charge on any atom is -0.261 e. The van der Waals surface area contributed by atoms with Crippen LogP contribution in [0.4, 0.5) is 0 Å². The summed E-state index contributed by atoms with van der Waals surface area (Å²) >= 11 is 4.81. The SMILES string of the molecule is Cc1ccnc(C)c1C(S)Cc1cnc(C)c(C(C)C)c1. The Kier molecular flexibility index (Phi) is 5.04. The van der Waals surface area contributed by atoms with E-state index in [1.807, 2.05) is 12.4 Å². The molecule has 0 aliphatic rings. The Morgan fingerprint density at radius 1 is 1.10 bits per heavy atom. The molecule has 0 spiro atoms. The van der Waals surface area contributed by atoms with Gasteiger partial charge in [-0.3, -0.25) is 9.97 Å². The summed E-state index contributed by atoms with van der Waals surface area (Å²) in [5.74, 6) is 0.498. The quantitative estimate of drug-likeness (QED) is 0.825. The molecule has 2 heterocycles. The highest BCUT2D eigenvalue weighted by Gasteiger charge is 2.15. The van der Waals surface area contributed by atoms with Crippen molar-refractivity contribution in [2.24, 2.45) is 0 Å². The van der Waals surface area contributed by atoms with Crippen LogP contribution in [0.1, 0.15) is 58.7 Å². The molecule has 0 aliphatic carbocycles.